The van der Waals surface area contributed by atoms with Crippen LogP contribution in [0, 0.1) is 11.8 Å². The summed E-state index contributed by atoms with van der Waals surface area (Å²) in [5.41, 5.74) is 5.65. The Bertz CT molecular complexity index is 248. The Morgan fingerprint density at radius 3 is 2.76 bits per heavy atom. The highest BCUT2D eigenvalue weighted by Crippen LogP contribution is 2.24. The van der Waals surface area contributed by atoms with E-state index < -0.39 is 0 Å². The van der Waals surface area contributed by atoms with E-state index in [1.807, 2.05) is 6.92 Å². The van der Waals surface area contributed by atoms with E-state index in [0.717, 1.165) is 19.6 Å². The molecule has 0 radical (unpaired) electrons. The number of hydrogen-bond acceptors (Lipinski definition) is 5. The lowest BCUT2D eigenvalue weighted by Crippen LogP contribution is -2.37. The van der Waals surface area contributed by atoms with Crippen LogP contribution in [-0.2, 0) is 14.3 Å². The van der Waals surface area contributed by atoms with Gasteiger partial charge in [0.05, 0.1) is 19.1 Å². The molecule has 0 aromatic heterocycles. The van der Waals surface area contributed by atoms with Crippen LogP contribution in [-0.4, -0.2) is 56.9 Å². The number of rotatable bonds is 6. The summed E-state index contributed by atoms with van der Waals surface area (Å²) in [5.74, 6) is 0.211. The van der Waals surface area contributed by atoms with E-state index in [2.05, 4.69) is 11.8 Å². The van der Waals surface area contributed by atoms with Crippen molar-refractivity contribution in [3.63, 3.8) is 0 Å². The average molecular weight is 244 g/mol. The molecule has 3 atom stereocenters. The van der Waals surface area contributed by atoms with Crippen molar-refractivity contribution in [2.45, 2.75) is 20.0 Å². The lowest BCUT2D eigenvalue weighted by molar-refractivity contribution is -0.146. The number of methoxy groups -OCH3 is 1. The van der Waals surface area contributed by atoms with E-state index in [9.17, 15) is 4.79 Å². The quantitative estimate of drug-likeness (QED) is 0.671. The second-order valence-corrected chi connectivity index (χ2v) is 4.64. The molecule has 0 saturated carbocycles. The molecule has 0 aromatic carbocycles. The van der Waals surface area contributed by atoms with Crippen LogP contribution in [0.5, 0.6) is 0 Å². The van der Waals surface area contributed by atoms with Crippen LogP contribution in [0.15, 0.2) is 0 Å². The Balaban J connectivity index is 2.45. The van der Waals surface area contributed by atoms with Crippen LogP contribution in [0.1, 0.15) is 13.8 Å². The Morgan fingerprint density at radius 2 is 2.24 bits per heavy atom. The largest absolute Gasteiger partial charge is 0.469 e. The summed E-state index contributed by atoms with van der Waals surface area (Å²) in [4.78, 5) is 13.8. The first-order valence-electron chi connectivity index (χ1n) is 6.24. The molecule has 0 spiro atoms. The van der Waals surface area contributed by atoms with Gasteiger partial charge < -0.3 is 15.2 Å². The molecule has 5 heteroatoms. The molecule has 1 aliphatic heterocycles. The van der Waals surface area contributed by atoms with Crippen LogP contribution in [0.2, 0.25) is 0 Å². The second-order valence-electron chi connectivity index (χ2n) is 4.64. The third-order valence-corrected chi connectivity index (χ3v) is 3.32. The van der Waals surface area contributed by atoms with Crippen molar-refractivity contribution in [2.24, 2.45) is 17.6 Å². The first-order valence-corrected chi connectivity index (χ1v) is 6.24. The summed E-state index contributed by atoms with van der Waals surface area (Å²) >= 11 is 0. The smallest absolute Gasteiger partial charge is 0.310 e. The van der Waals surface area contributed by atoms with Crippen molar-refractivity contribution >= 4 is 5.97 Å². The van der Waals surface area contributed by atoms with Crippen LogP contribution in [0.3, 0.4) is 0 Å². The van der Waals surface area contributed by atoms with Gasteiger partial charge in [0.15, 0.2) is 0 Å². The van der Waals surface area contributed by atoms with Gasteiger partial charge in [0, 0.05) is 32.8 Å². The standard InChI is InChI=1S/C12H24N2O3/c1-4-17-10(5-13)7-14-6-9(2)11(8-14)12(15)16-3/h9-11H,4-8,13H2,1-3H3. The zero-order valence-corrected chi connectivity index (χ0v) is 11.0. The molecule has 100 valence electrons. The predicted octanol–water partition coefficient (Wildman–Crippen LogP) is 0.0911. The summed E-state index contributed by atoms with van der Waals surface area (Å²) in [5, 5.41) is 0. The normalized spacial score (nSPS) is 27.1. The monoisotopic (exact) mass is 244 g/mol. The number of nitrogens with zero attached hydrogens (tertiary/aromatic N) is 1. The van der Waals surface area contributed by atoms with Crippen LogP contribution < -0.4 is 5.73 Å². The SMILES string of the molecule is CCOC(CN)CN1CC(C)C(C(=O)OC)C1. The molecule has 5 nitrogen and oxygen atoms in total. The zero-order chi connectivity index (χ0) is 12.8. The highest BCUT2D eigenvalue weighted by atomic mass is 16.5. The van der Waals surface area contributed by atoms with Crippen molar-refractivity contribution in [3.8, 4) is 0 Å². The fraction of sp³-hybridized carbons (Fsp3) is 0.917. The van der Waals surface area contributed by atoms with Gasteiger partial charge in [-0.25, -0.2) is 0 Å². The minimum atomic E-state index is -0.110. The molecule has 2 N–H and O–H groups in total. The molecule has 3 unspecified atom stereocenters. The lowest BCUT2D eigenvalue weighted by Gasteiger charge is -2.22. The summed E-state index contributed by atoms with van der Waals surface area (Å²) in [6.07, 6.45) is 0.0589. The zero-order valence-electron chi connectivity index (χ0n) is 11.0. The molecular weight excluding hydrogens is 220 g/mol. The number of ether oxygens (including phenoxy) is 2. The summed E-state index contributed by atoms with van der Waals surface area (Å²) in [6, 6.07) is 0. The molecule has 0 aromatic rings. The van der Waals surface area contributed by atoms with E-state index in [-0.39, 0.29) is 18.0 Å². The second kappa shape index (κ2) is 6.93. The van der Waals surface area contributed by atoms with Crippen molar-refractivity contribution in [1.82, 2.24) is 4.90 Å². The van der Waals surface area contributed by atoms with Gasteiger partial charge in [0.25, 0.3) is 0 Å². The average Bonchev–Trinajstić information content (AvgIpc) is 2.68. The molecule has 1 saturated heterocycles. The third kappa shape index (κ3) is 3.94. The van der Waals surface area contributed by atoms with E-state index in [0.29, 0.717) is 19.1 Å². The maximum absolute atomic E-state index is 11.5. The highest BCUT2D eigenvalue weighted by molar-refractivity contribution is 5.73. The topological polar surface area (TPSA) is 64.8 Å². The minimum Gasteiger partial charge on any atom is -0.469 e. The lowest BCUT2D eigenvalue weighted by atomic mass is 9.99. The minimum absolute atomic E-state index is 0.0138. The fourth-order valence-electron chi connectivity index (χ4n) is 2.39. The first-order chi connectivity index (χ1) is 8.12. The van der Waals surface area contributed by atoms with E-state index >= 15 is 0 Å². The van der Waals surface area contributed by atoms with Gasteiger partial charge in [-0.05, 0) is 12.8 Å². The number of hydrogen-bond donors (Lipinski definition) is 1. The molecule has 1 fully saturated rings. The first kappa shape index (κ1) is 14.4. The predicted molar refractivity (Wildman–Crippen MR) is 65.6 cm³/mol. The van der Waals surface area contributed by atoms with Crippen LogP contribution in [0.25, 0.3) is 0 Å². The van der Waals surface area contributed by atoms with Gasteiger partial charge in [-0.2, -0.15) is 0 Å². The maximum atomic E-state index is 11.5. The molecule has 17 heavy (non-hydrogen) atoms. The number of carbonyl (C=O) groups excluding carboxylic acids is 1. The Kier molecular flexibility index (Phi) is 5.88. The van der Waals surface area contributed by atoms with Gasteiger partial charge in [-0.15, -0.1) is 0 Å². The Morgan fingerprint density at radius 1 is 1.53 bits per heavy atom. The van der Waals surface area contributed by atoms with Crippen molar-refractivity contribution in [1.29, 1.82) is 0 Å². The summed E-state index contributed by atoms with van der Waals surface area (Å²) < 4.78 is 10.3. The number of esters is 1. The highest BCUT2D eigenvalue weighted by Gasteiger charge is 2.36. The van der Waals surface area contributed by atoms with Crippen molar-refractivity contribution in [3.05, 3.63) is 0 Å². The van der Waals surface area contributed by atoms with Gasteiger partial charge in [0.2, 0.25) is 0 Å². The molecular formula is C12H24N2O3. The van der Waals surface area contributed by atoms with Gasteiger partial charge >= 0.3 is 5.97 Å². The maximum Gasteiger partial charge on any atom is 0.310 e. The number of nitrogens with two attached hydrogens (primary N) is 1. The van der Waals surface area contributed by atoms with Crippen LogP contribution >= 0.6 is 0 Å². The van der Waals surface area contributed by atoms with Crippen LogP contribution in [0.4, 0.5) is 0 Å². The molecule has 1 heterocycles. The fourth-order valence-corrected chi connectivity index (χ4v) is 2.39. The molecule has 0 aliphatic carbocycles. The van der Waals surface area contributed by atoms with E-state index in [1.54, 1.807) is 0 Å². The summed E-state index contributed by atoms with van der Waals surface area (Å²) in [6.45, 7) is 7.68. The molecule has 0 amide bonds. The third-order valence-electron chi connectivity index (χ3n) is 3.32. The Hall–Kier alpha value is -0.650. The van der Waals surface area contributed by atoms with Crippen molar-refractivity contribution < 1.29 is 14.3 Å². The van der Waals surface area contributed by atoms with Gasteiger partial charge in [-0.3, -0.25) is 9.69 Å². The summed E-state index contributed by atoms with van der Waals surface area (Å²) in [7, 11) is 1.45. The number of likely N-dealkylation sites (tertiary alicyclic amines) is 1. The van der Waals surface area contributed by atoms with Gasteiger partial charge in [-0.1, -0.05) is 6.92 Å². The van der Waals surface area contributed by atoms with E-state index in [1.165, 1.54) is 7.11 Å². The van der Waals surface area contributed by atoms with Crippen molar-refractivity contribution in [2.75, 3.05) is 39.9 Å². The molecule has 1 rings (SSSR count). The van der Waals surface area contributed by atoms with Gasteiger partial charge in [0.1, 0.15) is 0 Å². The number of carbonyl (C=O) groups is 1. The van der Waals surface area contributed by atoms with E-state index in [4.69, 9.17) is 15.2 Å². The molecule has 0 bridgehead atoms. The Labute approximate surface area is 103 Å². The molecule has 1 aliphatic rings.